The van der Waals surface area contributed by atoms with Gasteiger partial charge in [-0.3, -0.25) is 4.79 Å². The first-order valence-corrected chi connectivity index (χ1v) is 9.11. The number of rotatable bonds is 3. The highest BCUT2D eigenvalue weighted by molar-refractivity contribution is 9.10. The summed E-state index contributed by atoms with van der Waals surface area (Å²) in [5, 5.41) is 0.621. The molecule has 25 heavy (non-hydrogen) atoms. The Morgan fingerprint density at radius 2 is 1.88 bits per heavy atom. The molecule has 1 aliphatic heterocycles. The van der Waals surface area contributed by atoms with Crippen molar-refractivity contribution >= 4 is 45.1 Å². The van der Waals surface area contributed by atoms with Crippen LogP contribution in [0.5, 0.6) is 0 Å². The number of anilines is 2. The van der Waals surface area contributed by atoms with Gasteiger partial charge in [-0.1, -0.05) is 11.6 Å². The summed E-state index contributed by atoms with van der Waals surface area (Å²) in [7, 11) is 3.77. The van der Waals surface area contributed by atoms with Crippen LogP contribution in [0.4, 0.5) is 11.6 Å². The molecule has 0 spiro atoms. The van der Waals surface area contributed by atoms with E-state index in [-0.39, 0.29) is 5.91 Å². The Bertz CT molecular complexity index is 760. The molecule has 8 heteroatoms. The zero-order valence-corrected chi connectivity index (χ0v) is 16.5. The number of aromatic nitrogens is 2. The van der Waals surface area contributed by atoms with Crippen LogP contribution in [0.2, 0.25) is 5.02 Å². The molecule has 0 unspecified atom stereocenters. The lowest BCUT2D eigenvalue weighted by Crippen LogP contribution is -2.49. The highest BCUT2D eigenvalue weighted by atomic mass is 79.9. The number of amides is 1. The molecule has 3 heterocycles. The Labute approximate surface area is 160 Å². The lowest BCUT2D eigenvalue weighted by atomic mass is 10.2. The number of hydrogen-bond acceptors (Lipinski definition) is 5. The van der Waals surface area contributed by atoms with E-state index in [0.29, 0.717) is 29.5 Å². The fourth-order valence-corrected chi connectivity index (χ4v) is 3.25. The van der Waals surface area contributed by atoms with Gasteiger partial charge < -0.3 is 14.7 Å². The molecule has 0 radical (unpaired) electrons. The van der Waals surface area contributed by atoms with E-state index in [2.05, 4.69) is 30.8 Å². The van der Waals surface area contributed by atoms with E-state index in [4.69, 9.17) is 11.6 Å². The maximum atomic E-state index is 13.0. The Morgan fingerprint density at radius 3 is 2.48 bits per heavy atom. The predicted octanol–water partition coefficient (Wildman–Crippen LogP) is 2.92. The summed E-state index contributed by atoms with van der Waals surface area (Å²) in [5.74, 6) is 1.56. The molecule has 1 fully saturated rings. The van der Waals surface area contributed by atoms with Crippen LogP contribution in [0.25, 0.3) is 0 Å². The molecule has 1 saturated heterocycles. The molecule has 2 aromatic heterocycles. The average molecular weight is 425 g/mol. The second-order valence-electron chi connectivity index (χ2n) is 6.03. The molecule has 0 aliphatic carbocycles. The Morgan fingerprint density at radius 1 is 1.16 bits per heavy atom. The number of carbonyl (C=O) groups excluding carboxylic acids is 1. The SMILES string of the molecule is CN(C)c1ncc(Br)cc1C(=O)N1CCN(c2ccc(Cl)cn2)CC1. The first-order chi connectivity index (χ1) is 12.0. The normalized spacial score (nSPS) is 14.6. The van der Waals surface area contributed by atoms with Gasteiger partial charge in [0, 0.05) is 57.1 Å². The summed E-state index contributed by atoms with van der Waals surface area (Å²) in [6.07, 6.45) is 3.35. The van der Waals surface area contributed by atoms with E-state index in [9.17, 15) is 4.79 Å². The third-order valence-electron chi connectivity index (χ3n) is 4.09. The summed E-state index contributed by atoms with van der Waals surface area (Å²) < 4.78 is 0.797. The van der Waals surface area contributed by atoms with E-state index in [1.165, 1.54) is 0 Å². The van der Waals surface area contributed by atoms with Crippen molar-refractivity contribution in [1.82, 2.24) is 14.9 Å². The third kappa shape index (κ3) is 4.04. The van der Waals surface area contributed by atoms with E-state index in [1.54, 1.807) is 12.4 Å². The number of carbonyl (C=O) groups is 1. The van der Waals surface area contributed by atoms with E-state index in [0.717, 1.165) is 23.4 Å². The molecule has 3 rings (SSSR count). The standard InChI is InChI=1S/C17H19BrClN5O/c1-22(2)16-14(9-12(18)10-21-16)17(25)24-7-5-23(6-8-24)15-4-3-13(19)11-20-15/h3-4,9-11H,5-8H2,1-2H3. The second kappa shape index (κ2) is 7.58. The van der Waals surface area contributed by atoms with E-state index in [1.807, 2.05) is 42.1 Å². The number of halogens is 2. The van der Waals surface area contributed by atoms with Gasteiger partial charge >= 0.3 is 0 Å². The molecule has 1 amide bonds. The van der Waals surface area contributed by atoms with Gasteiger partial charge in [0.25, 0.3) is 5.91 Å². The van der Waals surface area contributed by atoms with Gasteiger partial charge in [0.2, 0.25) is 0 Å². The van der Waals surface area contributed by atoms with Crippen LogP contribution in [-0.4, -0.2) is 61.0 Å². The highest BCUT2D eigenvalue weighted by Crippen LogP contribution is 2.23. The minimum Gasteiger partial charge on any atom is -0.362 e. The van der Waals surface area contributed by atoms with Crippen LogP contribution < -0.4 is 9.80 Å². The number of nitrogens with zero attached hydrogens (tertiary/aromatic N) is 5. The zero-order valence-electron chi connectivity index (χ0n) is 14.1. The molecule has 0 bridgehead atoms. The minimum absolute atomic E-state index is 0.00113. The van der Waals surface area contributed by atoms with Crippen molar-refractivity contribution in [2.75, 3.05) is 50.1 Å². The van der Waals surface area contributed by atoms with Crippen molar-refractivity contribution in [2.24, 2.45) is 0 Å². The van der Waals surface area contributed by atoms with Gasteiger partial charge in [-0.25, -0.2) is 9.97 Å². The Balaban J connectivity index is 1.72. The first-order valence-electron chi connectivity index (χ1n) is 7.94. The minimum atomic E-state index is 0.00113. The number of hydrogen-bond donors (Lipinski definition) is 0. The van der Waals surface area contributed by atoms with Gasteiger partial charge in [-0.15, -0.1) is 0 Å². The fourth-order valence-electron chi connectivity index (χ4n) is 2.81. The molecule has 0 atom stereocenters. The largest absolute Gasteiger partial charge is 0.362 e. The number of piperazine rings is 1. The van der Waals surface area contributed by atoms with Gasteiger partial charge in [-0.05, 0) is 34.1 Å². The van der Waals surface area contributed by atoms with Gasteiger partial charge in [0.1, 0.15) is 11.6 Å². The Kier molecular flexibility index (Phi) is 5.44. The van der Waals surface area contributed by atoms with Crippen LogP contribution in [-0.2, 0) is 0 Å². The van der Waals surface area contributed by atoms with Crippen LogP contribution in [0.1, 0.15) is 10.4 Å². The lowest BCUT2D eigenvalue weighted by molar-refractivity contribution is 0.0746. The fraction of sp³-hybridized carbons (Fsp3) is 0.353. The van der Waals surface area contributed by atoms with Crippen LogP contribution in [0, 0.1) is 0 Å². The molecule has 2 aromatic rings. The lowest BCUT2D eigenvalue weighted by Gasteiger charge is -2.35. The molecule has 6 nitrogen and oxygen atoms in total. The molecule has 132 valence electrons. The van der Waals surface area contributed by atoms with Gasteiger partial charge in [0.15, 0.2) is 0 Å². The van der Waals surface area contributed by atoms with Gasteiger partial charge in [-0.2, -0.15) is 0 Å². The van der Waals surface area contributed by atoms with Crippen molar-refractivity contribution in [1.29, 1.82) is 0 Å². The zero-order chi connectivity index (χ0) is 18.0. The monoisotopic (exact) mass is 423 g/mol. The summed E-state index contributed by atoms with van der Waals surface area (Å²) >= 11 is 9.29. The summed E-state index contributed by atoms with van der Waals surface area (Å²) in [5.41, 5.74) is 0.609. The smallest absolute Gasteiger partial charge is 0.257 e. The summed E-state index contributed by atoms with van der Waals surface area (Å²) in [6.45, 7) is 2.75. The topological polar surface area (TPSA) is 52.6 Å². The van der Waals surface area contributed by atoms with Crippen molar-refractivity contribution in [3.8, 4) is 0 Å². The summed E-state index contributed by atoms with van der Waals surface area (Å²) in [4.78, 5) is 27.5. The van der Waals surface area contributed by atoms with Crippen molar-refractivity contribution in [3.05, 3.63) is 45.7 Å². The quantitative estimate of drug-likeness (QED) is 0.758. The molecular formula is C17H19BrClN5O. The average Bonchev–Trinajstić information content (AvgIpc) is 2.61. The molecule has 1 aliphatic rings. The third-order valence-corrected chi connectivity index (χ3v) is 4.75. The van der Waals surface area contributed by atoms with Crippen molar-refractivity contribution in [2.45, 2.75) is 0 Å². The highest BCUT2D eigenvalue weighted by Gasteiger charge is 2.25. The molecule has 0 aromatic carbocycles. The second-order valence-corrected chi connectivity index (χ2v) is 7.39. The number of pyridine rings is 2. The molecule has 0 saturated carbocycles. The van der Waals surface area contributed by atoms with E-state index < -0.39 is 0 Å². The van der Waals surface area contributed by atoms with Crippen LogP contribution in [0.15, 0.2) is 35.1 Å². The maximum absolute atomic E-state index is 13.0. The van der Waals surface area contributed by atoms with Crippen molar-refractivity contribution < 1.29 is 4.79 Å². The Hall–Kier alpha value is -1.86. The van der Waals surface area contributed by atoms with E-state index >= 15 is 0 Å². The maximum Gasteiger partial charge on any atom is 0.257 e. The molecular weight excluding hydrogens is 406 g/mol. The van der Waals surface area contributed by atoms with Gasteiger partial charge in [0.05, 0.1) is 10.6 Å². The first kappa shape index (κ1) is 17.9. The van der Waals surface area contributed by atoms with Crippen LogP contribution >= 0.6 is 27.5 Å². The molecule has 0 N–H and O–H groups in total. The van der Waals surface area contributed by atoms with Crippen LogP contribution in [0.3, 0.4) is 0 Å². The predicted molar refractivity (Wildman–Crippen MR) is 104 cm³/mol. The van der Waals surface area contributed by atoms with Crippen molar-refractivity contribution in [3.63, 3.8) is 0 Å². The summed E-state index contributed by atoms with van der Waals surface area (Å²) in [6, 6.07) is 5.57.